The summed E-state index contributed by atoms with van der Waals surface area (Å²) in [5.41, 5.74) is 2.80. The van der Waals surface area contributed by atoms with Crippen LogP contribution in [0.25, 0.3) is 0 Å². The third-order valence-electron chi connectivity index (χ3n) is 3.62. The maximum Gasteiger partial charge on any atom is 0.272 e. The largest absolute Gasteiger partial charge is 0.382 e. The van der Waals surface area contributed by atoms with Gasteiger partial charge in [0.25, 0.3) is 5.69 Å². The molecule has 0 amide bonds. The Morgan fingerprint density at radius 2 is 1.89 bits per heavy atom. The number of hydrogen-bond acceptors (Lipinski definition) is 3. The number of rotatable bonds is 5. The molecule has 0 bridgehead atoms. The Bertz CT molecular complexity index is 444. The Kier molecular flexibility index (Phi) is 4.70. The molecule has 1 N–H and O–H groups in total. The molecule has 0 aromatic heterocycles. The predicted octanol–water partition coefficient (Wildman–Crippen LogP) is 4.06. The number of nitrogens with one attached hydrogen (secondary N) is 1. The molecule has 4 heteroatoms. The second kappa shape index (κ2) is 5.85. The van der Waals surface area contributed by atoms with Crippen molar-refractivity contribution in [3.63, 3.8) is 0 Å². The third kappa shape index (κ3) is 3.22. The molecule has 0 radical (unpaired) electrons. The normalized spacial score (nSPS) is 14.1. The number of nitro benzene ring substituents is 1. The van der Waals surface area contributed by atoms with Gasteiger partial charge in [-0.3, -0.25) is 10.1 Å². The first-order valence-electron chi connectivity index (χ1n) is 6.39. The highest BCUT2D eigenvalue weighted by atomic mass is 16.6. The fourth-order valence-electron chi connectivity index (χ4n) is 1.89. The highest BCUT2D eigenvalue weighted by Gasteiger charge is 2.16. The van der Waals surface area contributed by atoms with Crippen LogP contribution < -0.4 is 5.32 Å². The first kappa shape index (κ1) is 14.5. The number of anilines is 1. The lowest BCUT2D eigenvalue weighted by atomic mass is 9.99. The lowest BCUT2D eigenvalue weighted by molar-refractivity contribution is -0.385. The van der Waals surface area contributed by atoms with Crippen LogP contribution in [0.15, 0.2) is 12.1 Å². The smallest absolute Gasteiger partial charge is 0.272 e. The lowest BCUT2D eigenvalue weighted by Gasteiger charge is -2.22. The van der Waals surface area contributed by atoms with Gasteiger partial charge in [0.05, 0.1) is 4.92 Å². The number of aryl methyl sites for hydroxylation is 2. The Morgan fingerprint density at radius 3 is 2.39 bits per heavy atom. The van der Waals surface area contributed by atoms with Gasteiger partial charge in [-0.05, 0) is 38.3 Å². The van der Waals surface area contributed by atoms with Crippen LogP contribution in [0.1, 0.15) is 38.3 Å². The second-order valence-corrected chi connectivity index (χ2v) is 5.03. The zero-order valence-corrected chi connectivity index (χ0v) is 11.8. The maximum atomic E-state index is 10.8. The third-order valence-corrected chi connectivity index (χ3v) is 3.62. The number of nitrogens with zero attached hydrogens (tertiary/aromatic N) is 1. The van der Waals surface area contributed by atoms with Crippen molar-refractivity contribution >= 4 is 11.4 Å². The van der Waals surface area contributed by atoms with E-state index in [-0.39, 0.29) is 10.6 Å². The van der Waals surface area contributed by atoms with Crippen molar-refractivity contribution in [2.24, 2.45) is 5.92 Å². The minimum Gasteiger partial charge on any atom is -0.382 e. The summed E-state index contributed by atoms with van der Waals surface area (Å²) in [6, 6.07) is 3.86. The van der Waals surface area contributed by atoms with Crippen molar-refractivity contribution in [3.8, 4) is 0 Å². The average Bonchev–Trinajstić information content (AvgIpc) is 2.31. The summed E-state index contributed by atoms with van der Waals surface area (Å²) in [6.07, 6.45) is 1.11. The van der Waals surface area contributed by atoms with Gasteiger partial charge in [-0.15, -0.1) is 0 Å². The molecule has 0 aliphatic rings. The number of nitro groups is 1. The fraction of sp³-hybridized carbons (Fsp3) is 0.571. The van der Waals surface area contributed by atoms with Crippen LogP contribution in [-0.4, -0.2) is 11.0 Å². The SMILES string of the molecule is CCC(C)C(C)Nc1cc(C)c([N+](=O)[O-])cc1C. The van der Waals surface area contributed by atoms with Gasteiger partial charge in [0, 0.05) is 23.4 Å². The monoisotopic (exact) mass is 250 g/mol. The van der Waals surface area contributed by atoms with E-state index in [2.05, 4.69) is 26.1 Å². The number of hydrogen-bond donors (Lipinski definition) is 1. The van der Waals surface area contributed by atoms with Crippen LogP contribution >= 0.6 is 0 Å². The molecule has 4 nitrogen and oxygen atoms in total. The molecule has 0 heterocycles. The van der Waals surface area contributed by atoms with E-state index in [9.17, 15) is 10.1 Å². The van der Waals surface area contributed by atoms with Crippen molar-refractivity contribution in [2.45, 2.75) is 47.1 Å². The van der Waals surface area contributed by atoms with Crippen molar-refractivity contribution in [1.29, 1.82) is 0 Å². The summed E-state index contributed by atoms with van der Waals surface area (Å²) in [7, 11) is 0. The molecular formula is C14H22N2O2. The molecule has 0 aliphatic carbocycles. The molecule has 2 atom stereocenters. The van der Waals surface area contributed by atoms with Gasteiger partial charge in [-0.2, -0.15) is 0 Å². The molecule has 0 aliphatic heterocycles. The molecule has 1 aromatic rings. The van der Waals surface area contributed by atoms with Crippen LogP contribution in [0.3, 0.4) is 0 Å². The van der Waals surface area contributed by atoms with E-state index in [1.165, 1.54) is 0 Å². The van der Waals surface area contributed by atoms with E-state index in [0.717, 1.165) is 17.7 Å². The molecular weight excluding hydrogens is 228 g/mol. The van der Waals surface area contributed by atoms with Crippen LogP contribution in [0.2, 0.25) is 0 Å². The molecule has 100 valence electrons. The van der Waals surface area contributed by atoms with Gasteiger partial charge >= 0.3 is 0 Å². The van der Waals surface area contributed by atoms with Crippen LogP contribution in [0.4, 0.5) is 11.4 Å². The van der Waals surface area contributed by atoms with Gasteiger partial charge < -0.3 is 5.32 Å². The zero-order valence-electron chi connectivity index (χ0n) is 11.8. The van der Waals surface area contributed by atoms with Crippen molar-refractivity contribution in [1.82, 2.24) is 0 Å². The zero-order chi connectivity index (χ0) is 13.9. The average molecular weight is 250 g/mol. The molecule has 0 saturated carbocycles. The Hall–Kier alpha value is -1.58. The van der Waals surface area contributed by atoms with E-state index < -0.39 is 0 Å². The highest BCUT2D eigenvalue weighted by molar-refractivity contribution is 5.59. The van der Waals surface area contributed by atoms with Gasteiger partial charge in [0.2, 0.25) is 0 Å². The maximum absolute atomic E-state index is 10.8. The first-order valence-corrected chi connectivity index (χ1v) is 6.39. The molecule has 0 saturated heterocycles. The number of benzene rings is 1. The standard InChI is InChI=1S/C14H22N2O2/c1-6-9(2)12(5)15-13-7-11(4)14(16(17)18)8-10(13)3/h7-9,12,15H,6H2,1-5H3. The molecule has 2 unspecified atom stereocenters. The van der Waals surface area contributed by atoms with E-state index in [1.807, 2.05) is 13.0 Å². The minimum absolute atomic E-state index is 0.189. The topological polar surface area (TPSA) is 55.2 Å². The fourth-order valence-corrected chi connectivity index (χ4v) is 1.89. The minimum atomic E-state index is -0.329. The van der Waals surface area contributed by atoms with Crippen LogP contribution in [0, 0.1) is 29.9 Å². The molecule has 1 aromatic carbocycles. The lowest BCUT2D eigenvalue weighted by Crippen LogP contribution is -2.23. The van der Waals surface area contributed by atoms with Gasteiger partial charge in [-0.1, -0.05) is 20.3 Å². The Balaban J connectivity index is 2.98. The van der Waals surface area contributed by atoms with E-state index in [1.54, 1.807) is 13.0 Å². The predicted molar refractivity (Wildman–Crippen MR) is 75.1 cm³/mol. The Morgan fingerprint density at radius 1 is 1.28 bits per heavy atom. The van der Waals surface area contributed by atoms with E-state index in [0.29, 0.717) is 17.5 Å². The highest BCUT2D eigenvalue weighted by Crippen LogP contribution is 2.27. The summed E-state index contributed by atoms with van der Waals surface area (Å²) in [4.78, 5) is 10.5. The van der Waals surface area contributed by atoms with Gasteiger partial charge in [0.15, 0.2) is 0 Å². The quantitative estimate of drug-likeness (QED) is 0.633. The summed E-state index contributed by atoms with van der Waals surface area (Å²) in [6.45, 7) is 10.2. The van der Waals surface area contributed by atoms with Crippen molar-refractivity contribution < 1.29 is 4.92 Å². The van der Waals surface area contributed by atoms with Crippen molar-refractivity contribution in [2.75, 3.05) is 5.32 Å². The summed E-state index contributed by atoms with van der Waals surface area (Å²) >= 11 is 0. The van der Waals surface area contributed by atoms with Crippen molar-refractivity contribution in [3.05, 3.63) is 33.4 Å². The second-order valence-electron chi connectivity index (χ2n) is 5.03. The van der Waals surface area contributed by atoms with Crippen LogP contribution in [0.5, 0.6) is 0 Å². The van der Waals surface area contributed by atoms with E-state index >= 15 is 0 Å². The molecule has 18 heavy (non-hydrogen) atoms. The summed E-state index contributed by atoms with van der Waals surface area (Å²) in [5, 5.41) is 14.3. The van der Waals surface area contributed by atoms with Gasteiger partial charge in [0.1, 0.15) is 0 Å². The molecule has 1 rings (SSSR count). The molecule has 0 spiro atoms. The van der Waals surface area contributed by atoms with E-state index in [4.69, 9.17) is 0 Å². The molecule has 0 fully saturated rings. The summed E-state index contributed by atoms with van der Waals surface area (Å²) < 4.78 is 0. The first-order chi connectivity index (χ1) is 8.36. The summed E-state index contributed by atoms with van der Waals surface area (Å²) in [5.74, 6) is 0.569. The van der Waals surface area contributed by atoms with Crippen LogP contribution in [-0.2, 0) is 0 Å². The van der Waals surface area contributed by atoms with Gasteiger partial charge in [-0.25, -0.2) is 0 Å². The Labute approximate surface area is 109 Å².